The van der Waals surface area contributed by atoms with Gasteiger partial charge in [-0.05, 0) is 74.6 Å². The number of nitrogens with zero attached hydrogens (tertiary/aromatic N) is 1. The third kappa shape index (κ3) is 3.69. The van der Waals surface area contributed by atoms with Crippen molar-refractivity contribution < 1.29 is 19.7 Å². The van der Waals surface area contributed by atoms with Crippen LogP contribution in [-0.2, 0) is 11.8 Å². The summed E-state index contributed by atoms with van der Waals surface area (Å²) in [5.74, 6) is 6.70. The van der Waals surface area contributed by atoms with Gasteiger partial charge >= 0.3 is 6.09 Å². The van der Waals surface area contributed by atoms with Gasteiger partial charge in [0.1, 0.15) is 11.4 Å². The quantitative estimate of drug-likeness (QED) is 0.802. The Hall–Kier alpha value is -2.03. The molecule has 27 heavy (non-hydrogen) atoms. The Morgan fingerprint density at radius 3 is 2.81 bits per heavy atom. The SMILES string of the molecule is CC#C[C@@]1(O)CC[C@]2(CCO)c3ccc(OC(=O)N(C)C)cc3CC[C@H]2C1. The van der Waals surface area contributed by atoms with E-state index < -0.39 is 11.7 Å². The summed E-state index contributed by atoms with van der Waals surface area (Å²) in [6, 6.07) is 5.85. The molecule has 1 amide bonds. The van der Waals surface area contributed by atoms with Crippen LogP contribution in [0.2, 0.25) is 0 Å². The zero-order chi connectivity index (χ0) is 19.7. The summed E-state index contributed by atoms with van der Waals surface area (Å²) in [7, 11) is 3.31. The predicted molar refractivity (Wildman–Crippen MR) is 104 cm³/mol. The molecule has 1 aromatic rings. The molecule has 2 aliphatic carbocycles. The molecular formula is C22H29NO4. The lowest BCUT2D eigenvalue weighted by molar-refractivity contribution is -0.0153. The van der Waals surface area contributed by atoms with Crippen LogP contribution in [0.4, 0.5) is 4.79 Å². The number of carbonyl (C=O) groups is 1. The van der Waals surface area contributed by atoms with Gasteiger partial charge in [-0.15, -0.1) is 5.92 Å². The van der Waals surface area contributed by atoms with Crippen LogP contribution in [-0.4, -0.2) is 47.5 Å². The molecule has 0 unspecified atom stereocenters. The van der Waals surface area contributed by atoms with E-state index in [1.165, 1.54) is 16.0 Å². The van der Waals surface area contributed by atoms with Crippen molar-refractivity contribution in [3.63, 3.8) is 0 Å². The Morgan fingerprint density at radius 1 is 1.37 bits per heavy atom. The van der Waals surface area contributed by atoms with Gasteiger partial charge in [-0.1, -0.05) is 12.0 Å². The van der Waals surface area contributed by atoms with Gasteiger partial charge in [0, 0.05) is 26.1 Å². The molecule has 1 aromatic carbocycles. The standard InChI is InChI=1S/C22H29NO4/c1-4-9-21(26)10-11-22(12-13-24)17(15-21)6-5-16-14-18(7-8-19(16)22)27-20(25)23(2)3/h7-8,14,17,24,26H,5-6,10-13,15H2,1-3H3/t17-,21+,22+/m0/s1. The number of carbonyl (C=O) groups excluding carboxylic acids is 1. The van der Waals surface area contributed by atoms with E-state index in [-0.39, 0.29) is 17.9 Å². The highest BCUT2D eigenvalue weighted by atomic mass is 16.6. The Balaban J connectivity index is 1.94. The monoisotopic (exact) mass is 371 g/mol. The first-order valence-electron chi connectivity index (χ1n) is 9.63. The summed E-state index contributed by atoms with van der Waals surface area (Å²) in [6.07, 6.45) is 4.15. The summed E-state index contributed by atoms with van der Waals surface area (Å²) >= 11 is 0. The van der Waals surface area contributed by atoms with Gasteiger partial charge < -0.3 is 19.8 Å². The van der Waals surface area contributed by atoms with Gasteiger partial charge in [0.05, 0.1) is 0 Å². The van der Waals surface area contributed by atoms with Crippen molar-refractivity contribution in [1.29, 1.82) is 0 Å². The van der Waals surface area contributed by atoms with E-state index in [1.54, 1.807) is 21.0 Å². The first kappa shape index (κ1) is 19.7. The fourth-order valence-corrected chi connectivity index (χ4v) is 4.93. The van der Waals surface area contributed by atoms with Crippen molar-refractivity contribution in [3.8, 4) is 17.6 Å². The minimum absolute atomic E-state index is 0.116. The number of fused-ring (bicyclic) bond motifs is 3. The van der Waals surface area contributed by atoms with E-state index in [0.717, 1.165) is 19.3 Å². The van der Waals surface area contributed by atoms with Gasteiger partial charge in [0.15, 0.2) is 0 Å². The lowest BCUT2D eigenvalue weighted by Crippen LogP contribution is -2.50. The fraction of sp³-hybridized carbons (Fsp3) is 0.591. The number of rotatable bonds is 3. The molecule has 0 aromatic heterocycles. The number of aryl methyl sites for hydroxylation is 1. The van der Waals surface area contributed by atoms with Crippen LogP contribution < -0.4 is 4.74 Å². The third-order valence-electron chi connectivity index (χ3n) is 6.21. The summed E-state index contributed by atoms with van der Waals surface area (Å²) in [5, 5.41) is 20.6. The largest absolute Gasteiger partial charge is 0.414 e. The molecule has 0 saturated heterocycles. The Kier molecular flexibility index (Phi) is 5.50. The van der Waals surface area contributed by atoms with Gasteiger partial charge in [-0.2, -0.15) is 0 Å². The van der Waals surface area contributed by atoms with Crippen molar-refractivity contribution in [2.45, 2.75) is 56.5 Å². The molecular weight excluding hydrogens is 342 g/mol. The predicted octanol–water partition coefficient (Wildman–Crippen LogP) is 2.87. The average Bonchev–Trinajstić information content (AvgIpc) is 2.62. The molecule has 3 rings (SSSR count). The number of ether oxygens (including phenoxy) is 1. The maximum Gasteiger partial charge on any atom is 0.414 e. The molecule has 5 heteroatoms. The molecule has 146 valence electrons. The number of aliphatic hydroxyl groups excluding tert-OH is 1. The molecule has 2 aliphatic rings. The van der Waals surface area contributed by atoms with Crippen LogP contribution in [0.5, 0.6) is 5.75 Å². The van der Waals surface area contributed by atoms with Crippen LogP contribution in [0.3, 0.4) is 0 Å². The Morgan fingerprint density at radius 2 is 2.15 bits per heavy atom. The normalized spacial score (nSPS) is 29.0. The van der Waals surface area contributed by atoms with Crippen LogP contribution in [0.15, 0.2) is 18.2 Å². The van der Waals surface area contributed by atoms with Gasteiger partial charge in [-0.25, -0.2) is 4.79 Å². The summed E-state index contributed by atoms with van der Waals surface area (Å²) in [4.78, 5) is 13.2. The van der Waals surface area contributed by atoms with Crippen molar-refractivity contribution in [2.75, 3.05) is 20.7 Å². The molecule has 2 N–H and O–H groups in total. The number of amides is 1. The second kappa shape index (κ2) is 7.53. The first-order valence-corrected chi connectivity index (χ1v) is 9.63. The molecule has 1 fully saturated rings. The van der Waals surface area contributed by atoms with Crippen molar-refractivity contribution in [3.05, 3.63) is 29.3 Å². The molecule has 0 radical (unpaired) electrons. The highest BCUT2D eigenvalue weighted by molar-refractivity contribution is 5.70. The number of aliphatic hydroxyl groups is 2. The van der Waals surface area contributed by atoms with E-state index in [9.17, 15) is 15.0 Å². The lowest BCUT2D eigenvalue weighted by atomic mass is 9.53. The Labute approximate surface area is 161 Å². The second-order valence-electron chi connectivity index (χ2n) is 8.06. The number of hydrogen-bond donors (Lipinski definition) is 2. The van der Waals surface area contributed by atoms with Crippen molar-refractivity contribution in [2.24, 2.45) is 5.92 Å². The van der Waals surface area contributed by atoms with E-state index in [4.69, 9.17) is 4.74 Å². The van der Waals surface area contributed by atoms with E-state index >= 15 is 0 Å². The Bertz CT molecular complexity index is 778. The smallest absolute Gasteiger partial charge is 0.410 e. The molecule has 0 heterocycles. The van der Waals surface area contributed by atoms with E-state index in [2.05, 4.69) is 11.8 Å². The summed E-state index contributed by atoms with van der Waals surface area (Å²) < 4.78 is 5.42. The van der Waals surface area contributed by atoms with Crippen LogP contribution in [0, 0.1) is 17.8 Å². The van der Waals surface area contributed by atoms with E-state index in [1.807, 2.05) is 18.2 Å². The molecule has 0 spiro atoms. The molecule has 0 aliphatic heterocycles. The molecule has 0 bridgehead atoms. The first-order chi connectivity index (χ1) is 12.8. The highest BCUT2D eigenvalue weighted by Gasteiger charge is 2.50. The molecule has 3 atom stereocenters. The minimum Gasteiger partial charge on any atom is -0.410 e. The maximum absolute atomic E-state index is 11.8. The van der Waals surface area contributed by atoms with Gasteiger partial charge in [-0.3, -0.25) is 0 Å². The van der Waals surface area contributed by atoms with Crippen LogP contribution >= 0.6 is 0 Å². The zero-order valence-corrected chi connectivity index (χ0v) is 16.4. The average molecular weight is 371 g/mol. The topological polar surface area (TPSA) is 70.0 Å². The second-order valence-corrected chi connectivity index (χ2v) is 8.06. The lowest BCUT2D eigenvalue weighted by Gasteiger charge is -2.52. The zero-order valence-electron chi connectivity index (χ0n) is 16.4. The third-order valence-corrected chi connectivity index (χ3v) is 6.21. The highest BCUT2D eigenvalue weighted by Crippen LogP contribution is 2.54. The fourth-order valence-electron chi connectivity index (χ4n) is 4.93. The number of hydrogen-bond acceptors (Lipinski definition) is 4. The van der Waals surface area contributed by atoms with E-state index in [0.29, 0.717) is 25.0 Å². The minimum atomic E-state index is -0.920. The summed E-state index contributed by atoms with van der Waals surface area (Å²) in [6.45, 7) is 1.88. The van der Waals surface area contributed by atoms with Crippen LogP contribution in [0.1, 0.15) is 50.2 Å². The van der Waals surface area contributed by atoms with Crippen LogP contribution in [0.25, 0.3) is 0 Å². The van der Waals surface area contributed by atoms with Crippen molar-refractivity contribution >= 4 is 6.09 Å². The number of benzene rings is 1. The maximum atomic E-state index is 11.8. The van der Waals surface area contributed by atoms with Gasteiger partial charge in [0.25, 0.3) is 0 Å². The summed E-state index contributed by atoms with van der Waals surface area (Å²) in [5.41, 5.74) is 1.34. The molecule has 5 nitrogen and oxygen atoms in total. The van der Waals surface area contributed by atoms with Crippen molar-refractivity contribution in [1.82, 2.24) is 4.90 Å². The molecule has 1 saturated carbocycles. The van der Waals surface area contributed by atoms with Gasteiger partial charge in [0.2, 0.25) is 0 Å².